The minimum absolute atomic E-state index is 0.116. The minimum Gasteiger partial charge on any atom is -0.358 e. The van der Waals surface area contributed by atoms with E-state index in [-0.39, 0.29) is 11.6 Å². The zero-order valence-corrected chi connectivity index (χ0v) is 25.8. The van der Waals surface area contributed by atoms with E-state index < -0.39 is 9.85 Å². The summed E-state index contributed by atoms with van der Waals surface area (Å²) in [5.41, 5.74) is 0. The summed E-state index contributed by atoms with van der Waals surface area (Å²) in [6.07, 6.45) is 3.17. The molecule has 0 bridgehead atoms. The van der Waals surface area contributed by atoms with Gasteiger partial charge in [-0.05, 0) is 85.6 Å². The molecule has 0 fully saturated rings. The zero-order chi connectivity index (χ0) is 29.3. The molecule has 0 aliphatic rings. The van der Waals surface area contributed by atoms with Crippen molar-refractivity contribution in [3.63, 3.8) is 0 Å². The number of aryl methyl sites for hydroxylation is 2. The second-order valence-corrected chi connectivity index (χ2v) is 10.4. The van der Waals surface area contributed by atoms with E-state index in [0.29, 0.717) is 54.1 Å². The SMILES string of the molecule is CCn1c(C)nc([N+](=O)[O-])c1Br.CCn1c(C)nc([N+](=O)[O-])c1Sc1ccc(Cl)cn1.S=c1ccc(Cl)c[nH]1. The molecule has 0 spiro atoms. The second kappa shape index (κ2) is 15.1. The molecule has 0 aromatic carbocycles. The Balaban J connectivity index is 0.000000227. The van der Waals surface area contributed by atoms with Crippen molar-refractivity contribution in [1.29, 1.82) is 0 Å². The largest absolute Gasteiger partial charge is 0.396 e. The monoisotopic (exact) mass is 676 g/mol. The van der Waals surface area contributed by atoms with Crippen LogP contribution >= 0.6 is 63.1 Å². The highest BCUT2D eigenvalue weighted by Crippen LogP contribution is 2.34. The van der Waals surface area contributed by atoms with E-state index in [2.05, 4.69) is 35.9 Å². The molecular formula is C22H23BrCl2N8O4S2. The molecule has 208 valence electrons. The molecule has 17 heteroatoms. The number of hydrogen-bond acceptors (Lipinski definition) is 9. The van der Waals surface area contributed by atoms with E-state index in [0.717, 1.165) is 0 Å². The van der Waals surface area contributed by atoms with Crippen LogP contribution in [0.15, 0.2) is 51.3 Å². The number of nitrogens with zero attached hydrogens (tertiary/aromatic N) is 7. The summed E-state index contributed by atoms with van der Waals surface area (Å²) in [5.74, 6) is 1.01. The average molecular weight is 678 g/mol. The molecule has 4 rings (SSSR count). The lowest BCUT2D eigenvalue weighted by Gasteiger charge is -2.04. The Morgan fingerprint density at radius 3 is 1.95 bits per heavy atom. The van der Waals surface area contributed by atoms with Gasteiger partial charge in [0, 0.05) is 39.3 Å². The molecule has 0 aliphatic heterocycles. The molecule has 12 nitrogen and oxygen atoms in total. The van der Waals surface area contributed by atoms with Gasteiger partial charge in [-0.25, -0.2) is 4.98 Å². The smallest absolute Gasteiger partial charge is 0.358 e. The molecule has 1 N–H and O–H groups in total. The van der Waals surface area contributed by atoms with Crippen molar-refractivity contribution in [3.05, 3.63) is 87.8 Å². The topological polar surface area (TPSA) is 151 Å². The number of imidazole rings is 2. The summed E-state index contributed by atoms with van der Waals surface area (Å²) < 4.78 is 4.67. The molecule has 0 saturated heterocycles. The third-order valence-corrected chi connectivity index (χ3v) is 7.34. The van der Waals surface area contributed by atoms with E-state index in [1.54, 1.807) is 53.4 Å². The summed E-state index contributed by atoms with van der Waals surface area (Å²) in [4.78, 5) is 35.1. The highest BCUT2D eigenvalue weighted by molar-refractivity contribution is 9.10. The number of pyridine rings is 2. The van der Waals surface area contributed by atoms with Gasteiger partial charge in [0.05, 0.1) is 10.0 Å². The first-order chi connectivity index (χ1) is 18.4. The molecule has 0 saturated carbocycles. The van der Waals surface area contributed by atoms with Crippen LogP contribution in [0.25, 0.3) is 0 Å². The first-order valence-electron chi connectivity index (χ1n) is 11.1. The maximum atomic E-state index is 11.0. The van der Waals surface area contributed by atoms with Crippen molar-refractivity contribution in [2.24, 2.45) is 0 Å². The van der Waals surface area contributed by atoms with Gasteiger partial charge in [-0.2, -0.15) is 0 Å². The lowest BCUT2D eigenvalue weighted by molar-refractivity contribution is -0.392. The number of aromatic amines is 1. The van der Waals surface area contributed by atoms with Gasteiger partial charge in [-0.3, -0.25) is 9.13 Å². The summed E-state index contributed by atoms with van der Waals surface area (Å²) in [5, 5.41) is 23.8. The maximum Gasteiger partial charge on any atom is 0.396 e. The Hall–Kier alpha value is -2.85. The van der Waals surface area contributed by atoms with Gasteiger partial charge in [0.1, 0.15) is 9.67 Å². The molecule has 0 unspecified atom stereocenters. The molecule has 0 radical (unpaired) electrons. The third-order valence-electron chi connectivity index (χ3n) is 4.80. The number of hydrogen-bond donors (Lipinski definition) is 1. The van der Waals surface area contributed by atoms with E-state index in [9.17, 15) is 20.2 Å². The maximum absolute atomic E-state index is 11.0. The predicted molar refractivity (Wildman–Crippen MR) is 156 cm³/mol. The Bertz CT molecular complexity index is 1490. The van der Waals surface area contributed by atoms with Crippen LogP contribution in [0.2, 0.25) is 10.0 Å². The van der Waals surface area contributed by atoms with Crippen molar-refractivity contribution < 1.29 is 9.85 Å². The minimum atomic E-state index is -0.497. The third kappa shape index (κ3) is 9.10. The van der Waals surface area contributed by atoms with Crippen molar-refractivity contribution in [1.82, 2.24) is 29.1 Å². The van der Waals surface area contributed by atoms with Gasteiger partial charge in [0.25, 0.3) is 0 Å². The Morgan fingerprint density at radius 2 is 1.54 bits per heavy atom. The molecule has 39 heavy (non-hydrogen) atoms. The van der Waals surface area contributed by atoms with Gasteiger partial charge in [0.15, 0.2) is 9.63 Å². The van der Waals surface area contributed by atoms with Crippen LogP contribution in [-0.4, -0.2) is 38.9 Å². The fraction of sp³-hybridized carbons (Fsp3) is 0.273. The van der Waals surface area contributed by atoms with E-state index in [4.69, 9.17) is 35.4 Å². The second-order valence-electron chi connectivity index (χ2n) is 7.35. The van der Waals surface area contributed by atoms with E-state index in [1.807, 2.05) is 13.8 Å². The van der Waals surface area contributed by atoms with Gasteiger partial charge in [0.2, 0.25) is 11.6 Å². The molecular weight excluding hydrogens is 655 g/mol. The molecule has 0 atom stereocenters. The number of aromatic nitrogens is 6. The van der Waals surface area contributed by atoms with Crippen LogP contribution < -0.4 is 0 Å². The van der Waals surface area contributed by atoms with Crippen LogP contribution in [0.3, 0.4) is 0 Å². The molecule has 0 amide bonds. The molecule has 0 aliphatic carbocycles. The van der Waals surface area contributed by atoms with Crippen molar-refractivity contribution in [2.45, 2.75) is 50.8 Å². The summed E-state index contributed by atoms with van der Waals surface area (Å²) >= 11 is 20.4. The quantitative estimate of drug-likeness (QED) is 0.124. The normalized spacial score (nSPS) is 10.2. The highest BCUT2D eigenvalue weighted by Gasteiger charge is 2.26. The fourth-order valence-electron chi connectivity index (χ4n) is 3.04. The zero-order valence-electron chi connectivity index (χ0n) is 21.1. The van der Waals surface area contributed by atoms with Crippen LogP contribution in [0.4, 0.5) is 11.6 Å². The van der Waals surface area contributed by atoms with Gasteiger partial charge in [-0.15, -0.1) is 0 Å². The lowest BCUT2D eigenvalue weighted by Crippen LogP contribution is -1.99. The van der Waals surface area contributed by atoms with Crippen molar-refractivity contribution in [3.8, 4) is 0 Å². The Morgan fingerprint density at radius 1 is 0.974 bits per heavy atom. The summed E-state index contributed by atoms with van der Waals surface area (Å²) in [6, 6.07) is 6.92. The highest BCUT2D eigenvalue weighted by atomic mass is 79.9. The Kier molecular flexibility index (Phi) is 12.5. The molecule has 4 heterocycles. The van der Waals surface area contributed by atoms with Crippen molar-refractivity contribution >= 4 is 74.7 Å². The predicted octanol–water partition coefficient (Wildman–Crippen LogP) is 7.60. The first kappa shape index (κ1) is 32.4. The number of H-pyrrole nitrogens is 1. The fourth-order valence-corrected chi connectivity index (χ4v) is 5.16. The first-order valence-corrected chi connectivity index (χ1v) is 13.9. The number of halogens is 3. The van der Waals surface area contributed by atoms with Crippen LogP contribution in [0.5, 0.6) is 0 Å². The van der Waals surface area contributed by atoms with Gasteiger partial charge < -0.3 is 25.2 Å². The van der Waals surface area contributed by atoms with Gasteiger partial charge in [-0.1, -0.05) is 35.4 Å². The van der Waals surface area contributed by atoms with Gasteiger partial charge >= 0.3 is 11.6 Å². The molecule has 4 aromatic rings. The van der Waals surface area contributed by atoms with Crippen LogP contribution in [0, 0.1) is 38.7 Å². The number of nitrogens with one attached hydrogen (secondary N) is 1. The average Bonchev–Trinajstić information content (AvgIpc) is 3.37. The summed E-state index contributed by atoms with van der Waals surface area (Å²) in [6.45, 7) is 8.59. The van der Waals surface area contributed by atoms with Crippen LogP contribution in [-0.2, 0) is 13.1 Å². The van der Waals surface area contributed by atoms with E-state index >= 15 is 0 Å². The Labute approximate surface area is 251 Å². The number of nitro groups is 2. The van der Waals surface area contributed by atoms with Crippen molar-refractivity contribution in [2.75, 3.05) is 0 Å². The summed E-state index contributed by atoms with van der Waals surface area (Å²) in [7, 11) is 0. The standard InChI is InChI=1S/C11H11ClN4O2S.C6H8BrN3O2.C5H4ClNS/c1-3-15-7(2)14-10(16(17)18)11(15)19-9-5-4-8(12)6-13-9;1-3-9-4(2)8-6(5(9)7)10(11)12;6-4-1-2-5(8)7-3-4/h4-6H,3H2,1-2H3;3H2,1-2H3;1-3H,(H,7,8). The number of rotatable bonds is 6. The van der Waals surface area contributed by atoms with Crippen LogP contribution in [0.1, 0.15) is 25.5 Å². The lowest BCUT2D eigenvalue weighted by atomic mass is 10.5. The van der Waals surface area contributed by atoms with E-state index in [1.165, 1.54) is 18.0 Å². The molecule has 4 aromatic heterocycles.